The molecule has 1 fully saturated rings. The molecule has 5 nitrogen and oxygen atoms in total. The minimum Gasteiger partial charge on any atom is -0.308 e. The Labute approximate surface area is 104 Å². The molecular formula is C11H15N5S. The smallest absolute Gasteiger partial charge is 0.114 e. The van der Waals surface area contributed by atoms with Gasteiger partial charge in [0.25, 0.3) is 0 Å². The van der Waals surface area contributed by atoms with Crippen LogP contribution in [-0.4, -0.2) is 26.0 Å². The van der Waals surface area contributed by atoms with Gasteiger partial charge in [0.2, 0.25) is 0 Å². The van der Waals surface area contributed by atoms with Crippen LogP contribution in [0.25, 0.3) is 0 Å². The summed E-state index contributed by atoms with van der Waals surface area (Å²) in [6.45, 7) is 3.54. The van der Waals surface area contributed by atoms with Crippen molar-refractivity contribution in [1.29, 1.82) is 0 Å². The Morgan fingerprint density at radius 2 is 2.41 bits per heavy atom. The number of hydrogen-bond donors (Lipinski definition) is 1. The third kappa shape index (κ3) is 2.89. The van der Waals surface area contributed by atoms with Crippen LogP contribution in [-0.2, 0) is 13.1 Å². The molecule has 1 saturated carbocycles. The molecule has 0 bridgehead atoms. The molecule has 0 spiro atoms. The van der Waals surface area contributed by atoms with E-state index in [-0.39, 0.29) is 0 Å². The number of thiazole rings is 1. The molecular weight excluding hydrogens is 234 g/mol. The molecule has 6 heteroatoms. The normalized spacial score (nSPS) is 15.4. The average Bonchev–Trinajstić information content (AvgIpc) is 2.90. The number of rotatable bonds is 5. The largest absolute Gasteiger partial charge is 0.308 e. The fourth-order valence-corrected chi connectivity index (χ4v) is 2.41. The van der Waals surface area contributed by atoms with Crippen molar-refractivity contribution in [3.05, 3.63) is 28.0 Å². The molecule has 0 radical (unpaired) electrons. The lowest BCUT2D eigenvalue weighted by atomic mass is 10.4. The molecule has 0 aliphatic heterocycles. The zero-order chi connectivity index (χ0) is 11.7. The summed E-state index contributed by atoms with van der Waals surface area (Å²) in [6.07, 6.45) is 4.59. The van der Waals surface area contributed by atoms with Crippen LogP contribution < -0.4 is 5.32 Å². The second-order valence-corrected chi connectivity index (χ2v) is 5.39. The Bertz CT molecular complexity index is 499. The standard InChI is InChI=1S/C11H15N5S/c1-8-7-17-11(13-8)6-16-5-10(14-15-16)4-12-9-2-3-9/h5,7,9,12H,2-4,6H2,1H3. The maximum absolute atomic E-state index is 4.41. The van der Waals surface area contributed by atoms with Crippen molar-refractivity contribution >= 4 is 11.3 Å². The van der Waals surface area contributed by atoms with Crippen molar-refractivity contribution in [3.8, 4) is 0 Å². The van der Waals surface area contributed by atoms with Crippen LogP contribution in [0.15, 0.2) is 11.6 Å². The van der Waals surface area contributed by atoms with E-state index in [4.69, 9.17) is 0 Å². The zero-order valence-corrected chi connectivity index (χ0v) is 10.6. The van der Waals surface area contributed by atoms with Crippen molar-refractivity contribution < 1.29 is 0 Å². The van der Waals surface area contributed by atoms with E-state index in [1.807, 2.05) is 17.8 Å². The van der Waals surface area contributed by atoms with Gasteiger partial charge in [-0.25, -0.2) is 9.67 Å². The van der Waals surface area contributed by atoms with E-state index in [9.17, 15) is 0 Å². The average molecular weight is 249 g/mol. The van der Waals surface area contributed by atoms with Crippen molar-refractivity contribution in [1.82, 2.24) is 25.3 Å². The fourth-order valence-electron chi connectivity index (χ4n) is 1.65. The van der Waals surface area contributed by atoms with Gasteiger partial charge in [0.1, 0.15) is 5.01 Å². The van der Waals surface area contributed by atoms with Gasteiger partial charge in [0.15, 0.2) is 0 Å². The van der Waals surface area contributed by atoms with Gasteiger partial charge in [0.05, 0.1) is 18.4 Å². The van der Waals surface area contributed by atoms with Gasteiger partial charge in [-0.3, -0.25) is 0 Å². The Balaban J connectivity index is 1.59. The van der Waals surface area contributed by atoms with E-state index in [1.165, 1.54) is 12.8 Å². The summed E-state index contributed by atoms with van der Waals surface area (Å²) in [4.78, 5) is 4.41. The highest BCUT2D eigenvalue weighted by Gasteiger charge is 2.20. The van der Waals surface area contributed by atoms with Gasteiger partial charge < -0.3 is 5.32 Å². The number of nitrogens with zero attached hydrogens (tertiary/aromatic N) is 4. The van der Waals surface area contributed by atoms with Crippen molar-refractivity contribution in [2.75, 3.05) is 0 Å². The minimum atomic E-state index is 0.710. The molecule has 0 amide bonds. The summed E-state index contributed by atoms with van der Waals surface area (Å²) in [5.74, 6) is 0. The SMILES string of the molecule is Cc1csc(Cn2cc(CNC3CC3)nn2)n1. The first kappa shape index (κ1) is 10.9. The molecule has 0 saturated heterocycles. The first-order valence-corrected chi connectivity index (χ1v) is 6.71. The summed E-state index contributed by atoms with van der Waals surface area (Å²) in [5.41, 5.74) is 2.07. The highest BCUT2D eigenvalue weighted by molar-refractivity contribution is 7.09. The van der Waals surface area contributed by atoms with Gasteiger partial charge in [-0.15, -0.1) is 16.4 Å². The van der Waals surface area contributed by atoms with E-state index in [2.05, 4.69) is 26.0 Å². The molecule has 1 aliphatic carbocycles. The fraction of sp³-hybridized carbons (Fsp3) is 0.545. The van der Waals surface area contributed by atoms with Crippen molar-refractivity contribution in [3.63, 3.8) is 0 Å². The lowest BCUT2D eigenvalue weighted by Crippen LogP contribution is -2.15. The highest BCUT2D eigenvalue weighted by Crippen LogP contribution is 2.19. The Hall–Kier alpha value is -1.27. The Morgan fingerprint density at radius 1 is 1.53 bits per heavy atom. The minimum absolute atomic E-state index is 0.710. The van der Waals surface area contributed by atoms with Crippen LogP contribution in [0.1, 0.15) is 29.2 Å². The molecule has 2 aromatic rings. The predicted molar refractivity (Wildman–Crippen MR) is 65.8 cm³/mol. The molecule has 1 N–H and O–H groups in total. The molecule has 1 aliphatic rings. The van der Waals surface area contributed by atoms with E-state index in [0.717, 1.165) is 29.5 Å². The molecule has 2 aromatic heterocycles. The van der Waals surface area contributed by atoms with Gasteiger partial charge in [-0.2, -0.15) is 0 Å². The first-order chi connectivity index (χ1) is 8.29. The second kappa shape index (κ2) is 4.54. The van der Waals surface area contributed by atoms with Crippen LogP contribution in [0, 0.1) is 6.92 Å². The summed E-state index contributed by atoms with van der Waals surface area (Å²) in [5, 5.41) is 14.8. The molecule has 17 heavy (non-hydrogen) atoms. The number of aromatic nitrogens is 4. The third-order valence-corrected chi connectivity index (χ3v) is 3.65. The van der Waals surface area contributed by atoms with E-state index in [1.54, 1.807) is 11.3 Å². The second-order valence-electron chi connectivity index (χ2n) is 4.45. The third-order valence-electron chi connectivity index (χ3n) is 2.70. The van der Waals surface area contributed by atoms with Crippen LogP contribution in [0.4, 0.5) is 0 Å². The molecule has 0 aromatic carbocycles. The number of aryl methyl sites for hydroxylation is 1. The van der Waals surface area contributed by atoms with Gasteiger partial charge >= 0.3 is 0 Å². The summed E-state index contributed by atoms with van der Waals surface area (Å²) < 4.78 is 1.85. The van der Waals surface area contributed by atoms with E-state index in [0.29, 0.717) is 6.04 Å². The molecule has 3 rings (SSSR count). The summed E-state index contributed by atoms with van der Waals surface area (Å²) in [6, 6.07) is 0.710. The topological polar surface area (TPSA) is 55.6 Å². The van der Waals surface area contributed by atoms with Crippen molar-refractivity contribution in [2.24, 2.45) is 0 Å². The number of hydrogen-bond acceptors (Lipinski definition) is 5. The molecule has 0 unspecified atom stereocenters. The first-order valence-electron chi connectivity index (χ1n) is 5.83. The maximum atomic E-state index is 4.41. The monoisotopic (exact) mass is 249 g/mol. The van der Waals surface area contributed by atoms with E-state index >= 15 is 0 Å². The van der Waals surface area contributed by atoms with E-state index < -0.39 is 0 Å². The van der Waals surface area contributed by atoms with Gasteiger partial charge in [-0.05, 0) is 19.8 Å². The highest BCUT2D eigenvalue weighted by atomic mass is 32.1. The molecule has 2 heterocycles. The van der Waals surface area contributed by atoms with Crippen LogP contribution in [0.2, 0.25) is 0 Å². The van der Waals surface area contributed by atoms with Crippen LogP contribution in [0.3, 0.4) is 0 Å². The maximum Gasteiger partial charge on any atom is 0.114 e. The van der Waals surface area contributed by atoms with Crippen LogP contribution >= 0.6 is 11.3 Å². The number of nitrogens with one attached hydrogen (secondary N) is 1. The van der Waals surface area contributed by atoms with Gasteiger partial charge in [0, 0.05) is 23.7 Å². The van der Waals surface area contributed by atoms with Crippen LogP contribution in [0.5, 0.6) is 0 Å². The Kier molecular flexibility index (Phi) is 2.90. The summed E-state index contributed by atoms with van der Waals surface area (Å²) >= 11 is 1.67. The van der Waals surface area contributed by atoms with Gasteiger partial charge in [-0.1, -0.05) is 5.21 Å². The quantitative estimate of drug-likeness (QED) is 0.869. The Morgan fingerprint density at radius 3 is 3.12 bits per heavy atom. The zero-order valence-electron chi connectivity index (χ0n) is 9.76. The van der Waals surface area contributed by atoms with Crippen molar-refractivity contribution in [2.45, 2.75) is 38.9 Å². The predicted octanol–water partition coefficient (Wildman–Crippen LogP) is 1.34. The lowest BCUT2D eigenvalue weighted by molar-refractivity contribution is 0.643. The molecule has 0 atom stereocenters. The lowest BCUT2D eigenvalue weighted by Gasteiger charge is -1.96. The summed E-state index contributed by atoms with van der Waals surface area (Å²) in [7, 11) is 0. The molecule has 90 valence electrons.